The van der Waals surface area contributed by atoms with Crippen LogP contribution in [0.15, 0.2) is 52.2 Å². The van der Waals surface area contributed by atoms with E-state index in [-0.39, 0.29) is 11.9 Å². The normalized spacial score (nSPS) is 12.0. The standard InChI is InChI=1S/C21H20F2N2OS2/c1-13-11-27-21(24-13)28-12-15-4-6-16(7-5-15)20(26)25(3)14(2)17-8-9-18(22)19(23)10-17/h4-11,14H,12H2,1-3H3/t14-/m0/s1. The molecule has 146 valence electrons. The predicted octanol–water partition coefficient (Wildman–Crippen LogP) is 5.86. The van der Waals surface area contributed by atoms with Crippen LogP contribution in [-0.4, -0.2) is 22.8 Å². The van der Waals surface area contributed by atoms with E-state index in [1.807, 2.05) is 24.4 Å². The molecule has 2 aromatic carbocycles. The number of aromatic nitrogens is 1. The lowest BCUT2D eigenvalue weighted by Gasteiger charge is -2.25. The maximum absolute atomic E-state index is 13.5. The SMILES string of the molecule is Cc1csc(SCc2ccc(C(=O)N(C)[C@@H](C)c3ccc(F)c(F)c3)cc2)n1. The molecule has 28 heavy (non-hydrogen) atoms. The second-order valence-corrected chi connectivity index (χ2v) is 8.59. The number of hydrogen-bond donors (Lipinski definition) is 0. The Balaban J connectivity index is 1.65. The Labute approximate surface area is 171 Å². The highest BCUT2D eigenvalue weighted by Gasteiger charge is 2.20. The summed E-state index contributed by atoms with van der Waals surface area (Å²) >= 11 is 3.29. The minimum absolute atomic E-state index is 0.174. The van der Waals surface area contributed by atoms with Gasteiger partial charge in [0.2, 0.25) is 0 Å². The summed E-state index contributed by atoms with van der Waals surface area (Å²) in [6, 6.07) is 10.8. The molecule has 0 bridgehead atoms. The lowest BCUT2D eigenvalue weighted by Crippen LogP contribution is -2.29. The lowest BCUT2D eigenvalue weighted by atomic mass is 10.1. The molecule has 3 nitrogen and oxygen atoms in total. The van der Waals surface area contributed by atoms with Crippen LogP contribution in [0.5, 0.6) is 0 Å². The van der Waals surface area contributed by atoms with Gasteiger partial charge in [-0.15, -0.1) is 11.3 Å². The third kappa shape index (κ3) is 4.77. The summed E-state index contributed by atoms with van der Waals surface area (Å²) in [5.41, 5.74) is 3.22. The maximum atomic E-state index is 13.5. The topological polar surface area (TPSA) is 33.2 Å². The van der Waals surface area contributed by atoms with E-state index in [2.05, 4.69) is 4.98 Å². The summed E-state index contributed by atoms with van der Waals surface area (Å²) in [6.45, 7) is 3.75. The van der Waals surface area contributed by atoms with Crippen molar-refractivity contribution in [3.63, 3.8) is 0 Å². The van der Waals surface area contributed by atoms with Crippen LogP contribution in [0.3, 0.4) is 0 Å². The molecule has 3 rings (SSSR count). The van der Waals surface area contributed by atoms with E-state index < -0.39 is 11.6 Å². The zero-order valence-electron chi connectivity index (χ0n) is 15.8. The van der Waals surface area contributed by atoms with Gasteiger partial charge in [0.1, 0.15) is 4.34 Å². The summed E-state index contributed by atoms with van der Waals surface area (Å²) in [6.07, 6.45) is 0. The molecular formula is C21H20F2N2OS2. The number of hydrogen-bond acceptors (Lipinski definition) is 4. The molecule has 0 aliphatic carbocycles. The Kier molecular flexibility index (Phi) is 6.46. The highest BCUT2D eigenvalue weighted by molar-refractivity contribution is 8.00. The maximum Gasteiger partial charge on any atom is 0.254 e. The molecule has 0 N–H and O–H groups in total. The van der Waals surface area contributed by atoms with Gasteiger partial charge in [-0.05, 0) is 49.2 Å². The van der Waals surface area contributed by atoms with Crippen molar-refractivity contribution in [2.75, 3.05) is 7.05 Å². The molecule has 3 aromatic rings. The van der Waals surface area contributed by atoms with Crippen LogP contribution in [-0.2, 0) is 5.75 Å². The van der Waals surface area contributed by atoms with Gasteiger partial charge >= 0.3 is 0 Å². The Morgan fingerprint density at radius 1 is 1.18 bits per heavy atom. The molecule has 0 saturated carbocycles. The first-order valence-corrected chi connectivity index (χ1v) is 10.6. The molecule has 1 amide bonds. The average molecular weight is 419 g/mol. The van der Waals surface area contributed by atoms with E-state index in [1.54, 1.807) is 49.2 Å². The highest BCUT2D eigenvalue weighted by Crippen LogP contribution is 2.27. The number of benzene rings is 2. The number of rotatable bonds is 6. The fourth-order valence-corrected chi connectivity index (χ4v) is 4.47. The minimum Gasteiger partial charge on any atom is -0.335 e. The van der Waals surface area contributed by atoms with Crippen molar-refractivity contribution in [3.05, 3.63) is 81.9 Å². The van der Waals surface area contributed by atoms with Crippen molar-refractivity contribution in [2.24, 2.45) is 0 Å². The third-order valence-corrected chi connectivity index (χ3v) is 6.70. The molecule has 0 saturated heterocycles. The van der Waals surface area contributed by atoms with Gasteiger partial charge < -0.3 is 4.90 Å². The number of carbonyl (C=O) groups is 1. The van der Waals surface area contributed by atoms with Crippen molar-refractivity contribution in [1.82, 2.24) is 9.88 Å². The molecule has 1 atom stereocenters. The van der Waals surface area contributed by atoms with E-state index in [4.69, 9.17) is 0 Å². The van der Waals surface area contributed by atoms with Crippen LogP contribution < -0.4 is 0 Å². The van der Waals surface area contributed by atoms with Crippen molar-refractivity contribution < 1.29 is 13.6 Å². The Hall–Kier alpha value is -2.25. The fourth-order valence-electron chi connectivity index (χ4n) is 2.66. The summed E-state index contributed by atoms with van der Waals surface area (Å²) in [7, 11) is 1.66. The number of nitrogens with zero attached hydrogens (tertiary/aromatic N) is 2. The molecule has 0 spiro atoms. The number of halogens is 2. The van der Waals surface area contributed by atoms with Gasteiger partial charge in [-0.2, -0.15) is 0 Å². The Morgan fingerprint density at radius 2 is 1.89 bits per heavy atom. The van der Waals surface area contributed by atoms with E-state index in [1.165, 1.54) is 11.0 Å². The molecule has 0 radical (unpaired) electrons. The summed E-state index contributed by atoms with van der Waals surface area (Å²) in [5, 5.41) is 2.02. The molecule has 0 aliphatic rings. The number of aryl methyl sites for hydroxylation is 1. The van der Waals surface area contributed by atoms with Crippen molar-refractivity contribution >= 4 is 29.0 Å². The van der Waals surface area contributed by atoms with Crippen LogP contribution in [0.4, 0.5) is 8.78 Å². The van der Waals surface area contributed by atoms with E-state index in [9.17, 15) is 13.6 Å². The monoisotopic (exact) mass is 418 g/mol. The van der Waals surface area contributed by atoms with Gasteiger partial charge in [0.05, 0.1) is 6.04 Å². The Morgan fingerprint density at radius 3 is 2.50 bits per heavy atom. The van der Waals surface area contributed by atoms with Crippen LogP contribution in [0.25, 0.3) is 0 Å². The van der Waals surface area contributed by atoms with Crippen molar-refractivity contribution in [2.45, 2.75) is 30.0 Å². The van der Waals surface area contributed by atoms with Gasteiger partial charge in [0, 0.05) is 29.4 Å². The first-order valence-electron chi connectivity index (χ1n) is 8.71. The smallest absolute Gasteiger partial charge is 0.254 e. The molecular weight excluding hydrogens is 398 g/mol. The van der Waals surface area contributed by atoms with E-state index in [0.29, 0.717) is 11.1 Å². The van der Waals surface area contributed by atoms with Gasteiger partial charge in [-0.1, -0.05) is 30.0 Å². The van der Waals surface area contributed by atoms with Crippen LogP contribution in [0, 0.1) is 18.6 Å². The zero-order chi connectivity index (χ0) is 20.3. The first kappa shape index (κ1) is 20.5. The summed E-state index contributed by atoms with van der Waals surface area (Å²) in [4.78, 5) is 18.7. The lowest BCUT2D eigenvalue weighted by molar-refractivity contribution is 0.0742. The minimum atomic E-state index is -0.914. The number of thiazole rings is 1. The fraction of sp³-hybridized carbons (Fsp3) is 0.238. The van der Waals surface area contributed by atoms with Crippen LogP contribution in [0.1, 0.15) is 40.1 Å². The summed E-state index contributed by atoms with van der Waals surface area (Å²) in [5.74, 6) is -1.21. The van der Waals surface area contributed by atoms with Gasteiger partial charge in [0.25, 0.3) is 5.91 Å². The molecule has 7 heteroatoms. The largest absolute Gasteiger partial charge is 0.335 e. The summed E-state index contributed by atoms with van der Waals surface area (Å²) < 4.78 is 27.6. The number of carbonyl (C=O) groups excluding carboxylic acids is 1. The zero-order valence-corrected chi connectivity index (χ0v) is 17.4. The third-order valence-electron chi connectivity index (χ3n) is 4.49. The van der Waals surface area contributed by atoms with Crippen LogP contribution in [0.2, 0.25) is 0 Å². The highest BCUT2D eigenvalue weighted by atomic mass is 32.2. The quantitative estimate of drug-likeness (QED) is 0.471. The van der Waals surface area contributed by atoms with Crippen LogP contribution >= 0.6 is 23.1 Å². The van der Waals surface area contributed by atoms with Gasteiger partial charge in [-0.25, -0.2) is 13.8 Å². The Bertz CT molecular complexity index is 973. The molecule has 0 unspecified atom stereocenters. The second kappa shape index (κ2) is 8.84. The second-order valence-electron chi connectivity index (χ2n) is 6.51. The molecule has 1 aromatic heterocycles. The number of amides is 1. The first-order chi connectivity index (χ1) is 13.3. The molecule has 0 aliphatic heterocycles. The molecule has 0 fully saturated rings. The van der Waals surface area contributed by atoms with Crippen molar-refractivity contribution in [3.8, 4) is 0 Å². The van der Waals surface area contributed by atoms with E-state index >= 15 is 0 Å². The van der Waals surface area contributed by atoms with Gasteiger partial charge in [0.15, 0.2) is 11.6 Å². The van der Waals surface area contributed by atoms with E-state index in [0.717, 1.165) is 33.5 Å². The average Bonchev–Trinajstić information content (AvgIpc) is 3.12. The number of thioether (sulfide) groups is 1. The van der Waals surface area contributed by atoms with Crippen molar-refractivity contribution in [1.29, 1.82) is 0 Å². The molecule has 1 heterocycles. The predicted molar refractivity (Wildman–Crippen MR) is 110 cm³/mol. The van der Waals surface area contributed by atoms with Gasteiger partial charge in [-0.3, -0.25) is 4.79 Å².